The second kappa shape index (κ2) is 25.4. The number of ether oxygens (including phenoxy) is 2. The number of rotatable bonds is 22. The highest BCUT2D eigenvalue weighted by molar-refractivity contribution is 4.82. The minimum absolute atomic E-state index is 0.453. The van der Waals surface area contributed by atoms with E-state index < -0.39 is 0 Å². The molecule has 0 saturated heterocycles. The Morgan fingerprint density at radius 3 is 1.56 bits per heavy atom. The summed E-state index contributed by atoms with van der Waals surface area (Å²) in [6.07, 6.45) is 30.0. The number of allylic oxidation sites excluding steroid dienone is 3. The van der Waals surface area contributed by atoms with E-state index in [1.54, 1.807) is 0 Å². The van der Waals surface area contributed by atoms with Crippen molar-refractivity contribution in [1.82, 2.24) is 0 Å². The lowest BCUT2D eigenvalue weighted by Crippen LogP contribution is -2.02. The first-order valence-electron chi connectivity index (χ1n) is 11.9. The van der Waals surface area contributed by atoms with Gasteiger partial charge in [0.25, 0.3) is 0 Å². The predicted molar refractivity (Wildman–Crippen MR) is 120 cm³/mol. The Balaban J connectivity index is 3.09. The van der Waals surface area contributed by atoms with Crippen LogP contribution in [-0.4, -0.2) is 20.0 Å². The van der Waals surface area contributed by atoms with E-state index in [9.17, 15) is 0 Å². The molecule has 0 heterocycles. The third kappa shape index (κ3) is 25.4. The molecule has 0 aliphatic heterocycles. The molecule has 2 heteroatoms. The molecule has 0 aromatic heterocycles. The molecule has 0 aliphatic rings. The van der Waals surface area contributed by atoms with E-state index in [1.807, 2.05) is 0 Å². The maximum atomic E-state index is 5.48. The van der Waals surface area contributed by atoms with Gasteiger partial charge in [-0.15, -0.1) is 0 Å². The number of unbranched alkanes of at least 4 members (excludes halogenated alkanes) is 12. The minimum Gasteiger partial charge on any atom is -0.355 e. The molecule has 2 nitrogen and oxygen atoms in total. The normalized spacial score (nSPS) is 11.9. The first-order chi connectivity index (χ1) is 13.4. The van der Waals surface area contributed by atoms with Gasteiger partial charge in [-0.05, 0) is 44.9 Å². The summed E-state index contributed by atoms with van der Waals surface area (Å²) >= 11 is 0. The van der Waals surface area contributed by atoms with Gasteiger partial charge in [0.1, 0.15) is 6.79 Å². The first-order valence-corrected chi connectivity index (χ1v) is 11.9. The topological polar surface area (TPSA) is 18.5 Å². The smallest absolute Gasteiger partial charge is 0.146 e. The van der Waals surface area contributed by atoms with E-state index in [1.165, 1.54) is 89.9 Å². The Bertz CT molecular complexity index is 309. The van der Waals surface area contributed by atoms with Crippen molar-refractivity contribution in [2.75, 3.05) is 20.0 Å². The molecule has 0 aliphatic carbocycles. The molecule has 0 radical (unpaired) electrons. The summed E-state index contributed by atoms with van der Waals surface area (Å²) < 4.78 is 10.9. The fourth-order valence-corrected chi connectivity index (χ4v) is 2.98. The van der Waals surface area contributed by atoms with Gasteiger partial charge in [-0.25, -0.2) is 0 Å². The lowest BCUT2D eigenvalue weighted by atomic mass is 10.1. The number of hydrogen-bond acceptors (Lipinski definition) is 2. The summed E-state index contributed by atoms with van der Waals surface area (Å²) in [5.74, 6) is 0. The summed E-state index contributed by atoms with van der Waals surface area (Å²) in [5, 5.41) is 0. The Morgan fingerprint density at radius 2 is 0.926 bits per heavy atom. The third-order valence-electron chi connectivity index (χ3n) is 4.79. The Morgan fingerprint density at radius 1 is 0.444 bits per heavy atom. The highest BCUT2D eigenvalue weighted by atomic mass is 16.7. The highest BCUT2D eigenvalue weighted by Gasteiger charge is 1.91. The van der Waals surface area contributed by atoms with Gasteiger partial charge in [0.15, 0.2) is 0 Å². The van der Waals surface area contributed by atoms with Crippen LogP contribution in [0.3, 0.4) is 0 Å². The van der Waals surface area contributed by atoms with Gasteiger partial charge < -0.3 is 9.47 Å². The zero-order valence-corrected chi connectivity index (χ0v) is 18.6. The van der Waals surface area contributed by atoms with Crippen molar-refractivity contribution in [3.63, 3.8) is 0 Å². The van der Waals surface area contributed by atoms with E-state index in [-0.39, 0.29) is 0 Å². The molecule has 27 heavy (non-hydrogen) atoms. The maximum Gasteiger partial charge on any atom is 0.146 e. The Kier molecular flexibility index (Phi) is 24.8. The lowest BCUT2D eigenvalue weighted by molar-refractivity contribution is -0.0531. The van der Waals surface area contributed by atoms with E-state index in [0.717, 1.165) is 26.1 Å². The molecule has 0 amide bonds. The van der Waals surface area contributed by atoms with Crippen molar-refractivity contribution in [2.45, 2.75) is 117 Å². The van der Waals surface area contributed by atoms with Crippen LogP contribution in [0.1, 0.15) is 117 Å². The van der Waals surface area contributed by atoms with Crippen molar-refractivity contribution < 1.29 is 9.47 Å². The molecule has 0 fully saturated rings. The van der Waals surface area contributed by atoms with Crippen LogP contribution >= 0.6 is 0 Å². The van der Waals surface area contributed by atoms with E-state index in [2.05, 4.69) is 38.2 Å². The maximum absolute atomic E-state index is 5.48. The van der Waals surface area contributed by atoms with Gasteiger partial charge in [-0.2, -0.15) is 0 Å². The van der Waals surface area contributed by atoms with Gasteiger partial charge in [-0.3, -0.25) is 0 Å². The van der Waals surface area contributed by atoms with Crippen LogP contribution < -0.4 is 0 Å². The van der Waals surface area contributed by atoms with E-state index in [4.69, 9.17) is 9.47 Å². The molecule has 0 aromatic carbocycles. The Hall–Kier alpha value is -0.600. The molecule has 0 N–H and O–H groups in total. The average Bonchev–Trinajstić information content (AvgIpc) is 2.68. The molecule has 0 aromatic rings. The first kappa shape index (κ1) is 26.4. The summed E-state index contributed by atoms with van der Waals surface area (Å²) in [4.78, 5) is 0. The standard InChI is InChI=1S/C25H48O2/c1-3-5-7-9-10-11-12-13-14-15-16-17-18-19-20-22-24-27-25-26-23-21-8-6-4-2/h9-10,19-20H,3-8,11-18,21-25H2,1-2H3/b10-9-,20-19+. The zero-order chi connectivity index (χ0) is 19.7. The molecule has 0 rings (SSSR count). The zero-order valence-electron chi connectivity index (χ0n) is 18.6. The quantitative estimate of drug-likeness (QED) is 0.107. The van der Waals surface area contributed by atoms with Crippen molar-refractivity contribution in [2.24, 2.45) is 0 Å². The van der Waals surface area contributed by atoms with Gasteiger partial charge in [-0.1, -0.05) is 95.9 Å². The van der Waals surface area contributed by atoms with Crippen LogP contribution in [0.25, 0.3) is 0 Å². The SMILES string of the molecule is CCCC/C=C\CCCCCCCC/C=C/CCOCOCCCCCC. The minimum atomic E-state index is 0.453. The molecule has 0 bridgehead atoms. The average molecular weight is 381 g/mol. The van der Waals surface area contributed by atoms with Crippen LogP contribution in [-0.2, 0) is 9.47 Å². The van der Waals surface area contributed by atoms with Gasteiger partial charge in [0, 0.05) is 6.61 Å². The van der Waals surface area contributed by atoms with Crippen molar-refractivity contribution in [3.05, 3.63) is 24.3 Å². The summed E-state index contributed by atoms with van der Waals surface area (Å²) in [5.41, 5.74) is 0. The van der Waals surface area contributed by atoms with E-state index >= 15 is 0 Å². The fraction of sp³-hybridized carbons (Fsp3) is 0.840. The second-order valence-corrected chi connectivity index (χ2v) is 7.57. The third-order valence-corrected chi connectivity index (χ3v) is 4.79. The second-order valence-electron chi connectivity index (χ2n) is 7.57. The van der Waals surface area contributed by atoms with Crippen molar-refractivity contribution in [3.8, 4) is 0 Å². The van der Waals surface area contributed by atoms with Crippen LogP contribution in [0.15, 0.2) is 24.3 Å². The number of hydrogen-bond donors (Lipinski definition) is 0. The van der Waals surface area contributed by atoms with Gasteiger partial charge in [0.2, 0.25) is 0 Å². The van der Waals surface area contributed by atoms with Gasteiger partial charge in [0.05, 0.1) is 6.61 Å². The Labute approximate surface area is 170 Å². The van der Waals surface area contributed by atoms with E-state index in [0.29, 0.717) is 6.79 Å². The highest BCUT2D eigenvalue weighted by Crippen LogP contribution is 2.09. The molecule has 0 atom stereocenters. The monoisotopic (exact) mass is 380 g/mol. The predicted octanol–water partition coefficient (Wildman–Crippen LogP) is 8.37. The molecular weight excluding hydrogens is 332 g/mol. The van der Waals surface area contributed by atoms with Crippen LogP contribution in [0, 0.1) is 0 Å². The summed E-state index contributed by atoms with van der Waals surface area (Å²) in [6.45, 7) is 6.55. The van der Waals surface area contributed by atoms with Crippen LogP contribution in [0.4, 0.5) is 0 Å². The largest absolute Gasteiger partial charge is 0.355 e. The van der Waals surface area contributed by atoms with Crippen molar-refractivity contribution >= 4 is 0 Å². The molecule has 0 unspecified atom stereocenters. The van der Waals surface area contributed by atoms with Crippen molar-refractivity contribution in [1.29, 1.82) is 0 Å². The molecule has 0 saturated carbocycles. The van der Waals surface area contributed by atoms with Crippen LogP contribution in [0.2, 0.25) is 0 Å². The summed E-state index contributed by atoms with van der Waals surface area (Å²) in [6, 6.07) is 0. The molecule has 0 spiro atoms. The molecule has 160 valence electrons. The van der Waals surface area contributed by atoms with Gasteiger partial charge >= 0.3 is 0 Å². The summed E-state index contributed by atoms with van der Waals surface area (Å²) in [7, 11) is 0. The fourth-order valence-electron chi connectivity index (χ4n) is 2.98. The molecular formula is C25H48O2. The van der Waals surface area contributed by atoms with Crippen LogP contribution in [0.5, 0.6) is 0 Å². The lowest BCUT2D eigenvalue weighted by Gasteiger charge is -2.04.